The molecule has 32 heavy (non-hydrogen) atoms. The molecule has 1 atom stereocenters. The van der Waals surface area contributed by atoms with Crippen molar-refractivity contribution in [3.05, 3.63) is 26.9 Å². The van der Waals surface area contributed by atoms with Crippen LogP contribution in [0.2, 0.25) is 0 Å². The molecule has 3 aliphatic rings. The number of hydrogen-bond acceptors (Lipinski definition) is 5. The summed E-state index contributed by atoms with van der Waals surface area (Å²) < 4.78 is 2.86. The maximum absolute atomic E-state index is 13.4. The van der Waals surface area contributed by atoms with Crippen molar-refractivity contribution >= 4 is 11.7 Å². The first-order valence-corrected chi connectivity index (χ1v) is 12.6. The SMILES string of the molecule is CCCn1c(N2CCCC(C(=O)N3CCC(N4CCCCC4)CC3)C2)cc(=O)n(C)c1=O. The average molecular weight is 446 g/mol. The molecule has 3 aliphatic heterocycles. The van der Waals surface area contributed by atoms with Crippen molar-refractivity contribution in [3.63, 3.8) is 0 Å². The summed E-state index contributed by atoms with van der Waals surface area (Å²) in [7, 11) is 1.52. The minimum absolute atomic E-state index is 0.0653. The highest BCUT2D eigenvalue weighted by atomic mass is 16.2. The number of nitrogens with zero attached hydrogens (tertiary/aromatic N) is 5. The molecule has 178 valence electrons. The van der Waals surface area contributed by atoms with Crippen molar-refractivity contribution in [2.45, 2.75) is 70.9 Å². The molecule has 1 unspecified atom stereocenters. The van der Waals surface area contributed by atoms with E-state index in [1.165, 1.54) is 39.4 Å². The molecule has 0 N–H and O–H groups in total. The summed E-state index contributed by atoms with van der Waals surface area (Å²) in [5, 5.41) is 0. The molecule has 0 aliphatic carbocycles. The van der Waals surface area contributed by atoms with Crippen molar-refractivity contribution < 1.29 is 4.79 Å². The Balaban J connectivity index is 1.42. The van der Waals surface area contributed by atoms with Crippen LogP contribution in [0.15, 0.2) is 15.7 Å². The number of carbonyl (C=O) groups is 1. The quantitative estimate of drug-likeness (QED) is 0.689. The molecule has 0 aromatic carbocycles. The molecule has 0 spiro atoms. The van der Waals surface area contributed by atoms with Crippen LogP contribution in [-0.4, -0.2) is 70.2 Å². The average Bonchev–Trinajstić information content (AvgIpc) is 2.84. The van der Waals surface area contributed by atoms with E-state index in [1.54, 1.807) is 10.6 Å². The topological polar surface area (TPSA) is 70.8 Å². The molecule has 1 aromatic rings. The van der Waals surface area contributed by atoms with Crippen molar-refractivity contribution in [1.29, 1.82) is 0 Å². The lowest BCUT2D eigenvalue weighted by molar-refractivity contribution is -0.137. The summed E-state index contributed by atoms with van der Waals surface area (Å²) in [6.45, 7) is 8.08. The zero-order chi connectivity index (χ0) is 22.7. The number of anilines is 1. The number of aromatic nitrogens is 2. The molecule has 0 saturated carbocycles. The third-order valence-electron chi connectivity index (χ3n) is 7.60. The van der Waals surface area contributed by atoms with Crippen molar-refractivity contribution in [2.75, 3.05) is 44.2 Å². The van der Waals surface area contributed by atoms with E-state index in [-0.39, 0.29) is 23.1 Å². The summed E-state index contributed by atoms with van der Waals surface area (Å²) in [5.74, 6) is 0.853. The van der Waals surface area contributed by atoms with E-state index in [2.05, 4.69) is 14.7 Å². The lowest BCUT2D eigenvalue weighted by atomic mass is 9.94. The first-order valence-electron chi connectivity index (χ1n) is 12.6. The Morgan fingerprint density at radius 2 is 1.69 bits per heavy atom. The van der Waals surface area contributed by atoms with Gasteiger partial charge in [-0.25, -0.2) is 4.79 Å². The fourth-order valence-electron chi connectivity index (χ4n) is 5.73. The third-order valence-corrected chi connectivity index (χ3v) is 7.60. The van der Waals surface area contributed by atoms with Crippen molar-refractivity contribution in [1.82, 2.24) is 18.9 Å². The molecule has 3 saturated heterocycles. The fourth-order valence-corrected chi connectivity index (χ4v) is 5.73. The first kappa shape index (κ1) is 23.1. The minimum atomic E-state index is -0.286. The lowest BCUT2D eigenvalue weighted by Crippen LogP contribution is -2.52. The highest BCUT2D eigenvalue weighted by molar-refractivity contribution is 5.80. The van der Waals surface area contributed by atoms with E-state index >= 15 is 0 Å². The van der Waals surface area contributed by atoms with Crippen molar-refractivity contribution in [2.24, 2.45) is 13.0 Å². The van der Waals surface area contributed by atoms with Gasteiger partial charge in [0.05, 0.1) is 5.92 Å². The number of piperidine rings is 3. The minimum Gasteiger partial charge on any atom is -0.357 e. The number of hydrogen-bond donors (Lipinski definition) is 0. The van der Waals surface area contributed by atoms with Gasteiger partial charge in [0.2, 0.25) is 5.91 Å². The number of amides is 1. The standard InChI is InChI=1S/C24H39N5O3/c1-3-11-29-21(17-22(30)25(2)24(29)32)28-14-7-8-19(18-28)23(31)27-15-9-20(10-16-27)26-12-5-4-6-13-26/h17,19-20H,3-16,18H2,1-2H3. The third kappa shape index (κ3) is 4.80. The van der Waals surface area contributed by atoms with E-state index in [4.69, 9.17) is 0 Å². The lowest BCUT2D eigenvalue weighted by Gasteiger charge is -2.42. The van der Waals surface area contributed by atoms with Crippen LogP contribution in [-0.2, 0) is 18.4 Å². The molecule has 3 fully saturated rings. The molecule has 0 radical (unpaired) electrons. The summed E-state index contributed by atoms with van der Waals surface area (Å²) >= 11 is 0. The Bertz CT molecular complexity index is 909. The summed E-state index contributed by atoms with van der Waals surface area (Å²) in [4.78, 5) is 45.2. The molecular formula is C24H39N5O3. The number of carbonyl (C=O) groups excluding carboxylic acids is 1. The van der Waals surface area contributed by atoms with E-state index in [9.17, 15) is 14.4 Å². The summed E-state index contributed by atoms with van der Waals surface area (Å²) in [6.07, 6.45) is 8.71. The van der Waals surface area contributed by atoms with E-state index in [1.807, 2.05) is 6.92 Å². The van der Waals surface area contributed by atoms with Gasteiger partial charge >= 0.3 is 5.69 Å². The monoisotopic (exact) mass is 445 g/mol. The summed E-state index contributed by atoms with van der Waals surface area (Å²) in [6, 6.07) is 2.19. The van der Waals surface area contributed by atoms with Gasteiger partial charge in [-0.15, -0.1) is 0 Å². The van der Waals surface area contributed by atoms with E-state index < -0.39 is 0 Å². The largest absolute Gasteiger partial charge is 0.357 e. The second-order valence-electron chi connectivity index (χ2n) is 9.77. The molecule has 1 amide bonds. The Labute approximate surface area is 190 Å². The summed E-state index contributed by atoms with van der Waals surface area (Å²) in [5.41, 5.74) is -0.562. The van der Waals surface area contributed by atoms with Crippen LogP contribution in [0.25, 0.3) is 0 Å². The second-order valence-corrected chi connectivity index (χ2v) is 9.77. The van der Waals surface area contributed by atoms with Gasteiger partial charge in [-0.3, -0.25) is 18.7 Å². The predicted octanol–water partition coefficient (Wildman–Crippen LogP) is 1.65. The van der Waals surface area contributed by atoms with Crippen LogP contribution in [0, 0.1) is 5.92 Å². The maximum atomic E-state index is 13.4. The van der Waals surface area contributed by atoms with Crippen molar-refractivity contribution in [3.8, 4) is 0 Å². The van der Waals surface area contributed by atoms with Crippen LogP contribution in [0.4, 0.5) is 5.82 Å². The smallest absolute Gasteiger partial charge is 0.332 e. The van der Waals surface area contributed by atoms with Gasteiger partial charge < -0.3 is 14.7 Å². The molecule has 8 heteroatoms. The molecule has 4 rings (SSSR count). The Morgan fingerprint density at radius 1 is 0.969 bits per heavy atom. The van der Waals surface area contributed by atoms with Gasteiger partial charge in [0.15, 0.2) is 0 Å². The van der Waals surface area contributed by atoms with E-state index in [0.29, 0.717) is 24.9 Å². The molecule has 0 bridgehead atoms. The molecule has 1 aromatic heterocycles. The first-order chi connectivity index (χ1) is 15.5. The van der Waals surface area contributed by atoms with Gasteiger partial charge in [-0.1, -0.05) is 13.3 Å². The highest BCUT2D eigenvalue weighted by Gasteiger charge is 2.33. The second kappa shape index (κ2) is 10.2. The fraction of sp³-hybridized carbons (Fsp3) is 0.792. The maximum Gasteiger partial charge on any atom is 0.332 e. The predicted molar refractivity (Wildman–Crippen MR) is 126 cm³/mol. The Hall–Kier alpha value is -2.09. The van der Waals surface area contributed by atoms with Crippen LogP contribution < -0.4 is 16.1 Å². The van der Waals surface area contributed by atoms with Crippen LogP contribution >= 0.6 is 0 Å². The van der Waals surface area contributed by atoms with Gasteiger partial charge in [-0.05, 0) is 58.0 Å². The molecule has 8 nitrogen and oxygen atoms in total. The van der Waals surface area contributed by atoms with Gasteiger partial charge in [-0.2, -0.15) is 0 Å². The van der Waals surface area contributed by atoms with Crippen LogP contribution in [0.3, 0.4) is 0 Å². The van der Waals surface area contributed by atoms with Gasteiger partial charge in [0.25, 0.3) is 5.56 Å². The normalized spacial score (nSPS) is 23.5. The van der Waals surface area contributed by atoms with Gasteiger partial charge in [0, 0.05) is 51.9 Å². The zero-order valence-electron chi connectivity index (χ0n) is 19.8. The number of rotatable bonds is 5. The highest BCUT2D eigenvalue weighted by Crippen LogP contribution is 2.26. The number of likely N-dealkylation sites (tertiary alicyclic amines) is 2. The Morgan fingerprint density at radius 3 is 2.38 bits per heavy atom. The van der Waals surface area contributed by atoms with Crippen LogP contribution in [0.5, 0.6) is 0 Å². The van der Waals surface area contributed by atoms with E-state index in [0.717, 1.165) is 56.3 Å². The van der Waals surface area contributed by atoms with Gasteiger partial charge in [0.1, 0.15) is 5.82 Å². The zero-order valence-corrected chi connectivity index (χ0v) is 19.8. The molecule has 4 heterocycles. The Kier molecular flexibility index (Phi) is 7.38. The molecular weight excluding hydrogens is 406 g/mol. The van der Waals surface area contributed by atoms with Crippen LogP contribution in [0.1, 0.15) is 58.3 Å².